The van der Waals surface area contributed by atoms with Gasteiger partial charge < -0.3 is 4.74 Å². The van der Waals surface area contributed by atoms with Crippen LogP contribution in [0.1, 0.15) is 16.7 Å². The maximum atomic E-state index is 9.17. The molecule has 2 aromatic rings. The van der Waals surface area contributed by atoms with Crippen LogP contribution in [-0.2, 0) is 0 Å². The SMILES string of the molecule is COc1c(C)cc(-c2cccc(C)c2)cc1C#N. The van der Waals surface area contributed by atoms with Crippen LogP contribution in [0.5, 0.6) is 5.75 Å². The molecule has 18 heavy (non-hydrogen) atoms. The second kappa shape index (κ2) is 4.93. The fourth-order valence-electron chi connectivity index (χ4n) is 2.12. The van der Waals surface area contributed by atoms with E-state index < -0.39 is 0 Å². The Hall–Kier alpha value is -2.27. The Morgan fingerprint density at radius 1 is 1.06 bits per heavy atom. The van der Waals surface area contributed by atoms with Gasteiger partial charge in [0.25, 0.3) is 0 Å². The largest absolute Gasteiger partial charge is 0.495 e. The fourth-order valence-corrected chi connectivity index (χ4v) is 2.12. The van der Waals surface area contributed by atoms with Gasteiger partial charge in [-0.3, -0.25) is 0 Å². The molecule has 0 fully saturated rings. The molecule has 0 saturated heterocycles. The lowest BCUT2D eigenvalue weighted by Crippen LogP contribution is -1.93. The minimum Gasteiger partial charge on any atom is -0.495 e. The molecule has 2 aromatic carbocycles. The molecule has 0 unspecified atom stereocenters. The highest BCUT2D eigenvalue weighted by Gasteiger charge is 2.09. The third kappa shape index (κ3) is 2.21. The first-order valence-corrected chi connectivity index (χ1v) is 5.81. The summed E-state index contributed by atoms with van der Waals surface area (Å²) in [6.45, 7) is 4.02. The highest BCUT2D eigenvalue weighted by atomic mass is 16.5. The summed E-state index contributed by atoms with van der Waals surface area (Å²) in [4.78, 5) is 0. The molecule has 0 spiro atoms. The van der Waals surface area contributed by atoms with E-state index in [1.165, 1.54) is 5.56 Å². The Bertz CT molecular complexity index is 623. The summed E-state index contributed by atoms with van der Waals surface area (Å²) in [5.74, 6) is 0.661. The molecule has 90 valence electrons. The van der Waals surface area contributed by atoms with Crippen molar-refractivity contribution in [2.75, 3.05) is 7.11 Å². The normalized spacial score (nSPS) is 9.89. The van der Waals surface area contributed by atoms with Gasteiger partial charge in [0.2, 0.25) is 0 Å². The average molecular weight is 237 g/mol. The molecule has 0 bridgehead atoms. The molecule has 0 aliphatic heterocycles. The van der Waals surface area contributed by atoms with Crippen molar-refractivity contribution in [1.82, 2.24) is 0 Å². The van der Waals surface area contributed by atoms with Crippen LogP contribution >= 0.6 is 0 Å². The van der Waals surface area contributed by atoms with Gasteiger partial charge in [-0.1, -0.05) is 29.8 Å². The van der Waals surface area contributed by atoms with Crippen LogP contribution in [0.3, 0.4) is 0 Å². The van der Waals surface area contributed by atoms with Crippen molar-refractivity contribution in [2.24, 2.45) is 0 Å². The van der Waals surface area contributed by atoms with E-state index in [0.29, 0.717) is 11.3 Å². The standard InChI is InChI=1S/C16H15NO/c1-11-5-4-6-13(7-11)14-8-12(2)16(18-3)15(9-14)10-17/h4-9H,1-3H3. The van der Waals surface area contributed by atoms with Crippen LogP contribution in [0, 0.1) is 25.2 Å². The second-order valence-electron chi connectivity index (χ2n) is 4.36. The molecule has 0 aromatic heterocycles. The average Bonchev–Trinajstić information content (AvgIpc) is 2.37. The first kappa shape index (κ1) is 12.2. The van der Waals surface area contributed by atoms with Crippen molar-refractivity contribution in [1.29, 1.82) is 5.26 Å². The van der Waals surface area contributed by atoms with Gasteiger partial charge in [-0.05, 0) is 42.7 Å². The van der Waals surface area contributed by atoms with E-state index in [1.54, 1.807) is 7.11 Å². The molecule has 2 heteroatoms. The summed E-state index contributed by atoms with van der Waals surface area (Å²) in [6.07, 6.45) is 0. The number of hydrogen-bond donors (Lipinski definition) is 0. The molecule has 0 radical (unpaired) electrons. The van der Waals surface area contributed by atoms with E-state index in [-0.39, 0.29) is 0 Å². The number of ether oxygens (including phenoxy) is 1. The van der Waals surface area contributed by atoms with Crippen molar-refractivity contribution in [3.63, 3.8) is 0 Å². The summed E-state index contributed by atoms with van der Waals surface area (Å²) in [6, 6.07) is 14.4. The number of rotatable bonds is 2. The molecular weight excluding hydrogens is 222 g/mol. The van der Waals surface area contributed by atoms with Crippen LogP contribution in [0.2, 0.25) is 0 Å². The molecule has 2 rings (SSSR count). The zero-order valence-electron chi connectivity index (χ0n) is 10.8. The van der Waals surface area contributed by atoms with Gasteiger partial charge in [0.1, 0.15) is 11.8 Å². The third-order valence-electron chi connectivity index (χ3n) is 2.95. The van der Waals surface area contributed by atoms with Crippen molar-refractivity contribution < 1.29 is 4.74 Å². The second-order valence-corrected chi connectivity index (χ2v) is 4.36. The van der Waals surface area contributed by atoms with Gasteiger partial charge in [0.05, 0.1) is 12.7 Å². The van der Waals surface area contributed by atoms with E-state index in [2.05, 4.69) is 37.3 Å². The first-order valence-electron chi connectivity index (χ1n) is 5.81. The number of methoxy groups -OCH3 is 1. The quantitative estimate of drug-likeness (QED) is 0.794. The molecule has 0 amide bonds. The fraction of sp³-hybridized carbons (Fsp3) is 0.188. The molecular formula is C16H15NO. The Labute approximate surface area is 107 Å². The van der Waals surface area contributed by atoms with Crippen LogP contribution < -0.4 is 4.74 Å². The van der Waals surface area contributed by atoms with Crippen molar-refractivity contribution in [3.05, 3.63) is 53.1 Å². The van der Waals surface area contributed by atoms with Gasteiger partial charge >= 0.3 is 0 Å². The van der Waals surface area contributed by atoms with Gasteiger partial charge in [0, 0.05) is 0 Å². The Morgan fingerprint density at radius 3 is 2.44 bits per heavy atom. The van der Waals surface area contributed by atoms with Crippen LogP contribution in [0.15, 0.2) is 36.4 Å². The minimum absolute atomic E-state index is 0.578. The van der Waals surface area contributed by atoms with Gasteiger partial charge in [-0.25, -0.2) is 0 Å². The Balaban J connectivity index is 2.61. The molecule has 2 nitrogen and oxygen atoms in total. The number of hydrogen-bond acceptors (Lipinski definition) is 2. The van der Waals surface area contributed by atoms with Gasteiger partial charge in [-0.2, -0.15) is 5.26 Å². The minimum atomic E-state index is 0.578. The number of nitriles is 1. The first-order chi connectivity index (χ1) is 8.65. The zero-order chi connectivity index (χ0) is 13.1. The lowest BCUT2D eigenvalue weighted by Gasteiger charge is -2.10. The van der Waals surface area contributed by atoms with E-state index >= 15 is 0 Å². The molecule has 0 saturated carbocycles. The molecule has 0 heterocycles. The van der Waals surface area contributed by atoms with Crippen molar-refractivity contribution in [2.45, 2.75) is 13.8 Å². The smallest absolute Gasteiger partial charge is 0.139 e. The maximum absolute atomic E-state index is 9.17. The van der Waals surface area contributed by atoms with Crippen LogP contribution in [0.4, 0.5) is 0 Å². The molecule has 0 atom stereocenters. The van der Waals surface area contributed by atoms with Gasteiger partial charge in [0.15, 0.2) is 0 Å². The van der Waals surface area contributed by atoms with Crippen molar-refractivity contribution in [3.8, 4) is 22.9 Å². The predicted octanol–water partition coefficient (Wildman–Crippen LogP) is 3.85. The summed E-state index contributed by atoms with van der Waals surface area (Å²) in [7, 11) is 1.59. The van der Waals surface area contributed by atoms with E-state index in [4.69, 9.17) is 10.00 Å². The Kier molecular flexibility index (Phi) is 3.34. The zero-order valence-corrected chi connectivity index (χ0v) is 10.8. The third-order valence-corrected chi connectivity index (χ3v) is 2.95. The van der Waals surface area contributed by atoms with Crippen LogP contribution in [0.25, 0.3) is 11.1 Å². The summed E-state index contributed by atoms with van der Waals surface area (Å²) in [5, 5.41) is 9.17. The lowest BCUT2D eigenvalue weighted by molar-refractivity contribution is 0.410. The summed E-state index contributed by atoms with van der Waals surface area (Å²) < 4.78 is 5.26. The van der Waals surface area contributed by atoms with Crippen molar-refractivity contribution >= 4 is 0 Å². The monoisotopic (exact) mass is 237 g/mol. The molecule has 0 aliphatic rings. The lowest BCUT2D eigenvalue weighted by atomic mass is 9.98. The molecule has 0 aliphatic carbocycles. The number of benzene rings is 2. The topological polar surface area (TPSA) is 33.0 Å². The predicted molar refractivity (Wildman–Crippen MR) is 72.6 cm³/mol. The van der Waals surface area contributed by atoms with E-state index in [9.17, 15) is 0 Å². The highest BCUT2D eigenvalue weighted by molar-refractivity contribution is 5.69. The van der Waals surface area contributed by atoms with Crippen LogP contribution in [-0.4, -0.2) is 7.11 Å². The Morgan fingerprint density at radius 2 is 1.83 bits per heavy atom. The van der Waals surface area contributed by atoms with E-state index in [0.717, 1.165) is 16.7 Å². The number of nitrogens with zero attached hydrogens (tertiary/aromatic N) is 1. The van der Waals surface area contributed by atoms with E-state index in [1.807, 2.05) is 19.1 Å². The summed E-state index contributed by atoms with van der Waals surface area (Å²) in [5.41, 5.74) is 4.94. The highest BCUT2D eigenvalue weighted by Crippen LogP contribution is 2.30. The summed E-state index contributed by atoms with van der Waals surface area (Å²) >= 11 is 0. The number of aryl methyl sites for hydroxylation is 2. The maximum Gasteiger partial charge on any atom is 0.139 e. The van der Waals surface area contributed by atoms with Gasteiger partial charge in [-0.15, -0.1) is 0 Å². The molecule has 0 N–H and O–H groups in total.